The van der Waals surface area contributed by atoms with Gasteiger partial charge in [-0.25, -0.2) is 0 Å². The Labute approximate surface area is 107 Å². The molecule has 2 aromatic carbocycles. The van der Waals surface area contributed by atoms with Crippen LogP contribution in [0.3, 0.4) is 0 Å². The Morgan fingerprint density at radius 3 is 2.56 bits per heavy atom. The number of primary amides is 1. The first kappa shape index (κ1) is 12.2. The van der Waals surface area contributed by atoms with Crippen LogP contribution in [0.2, 0.25) is 0 Å². The number of amides is 1. The molecule has 0 unspecified atom stereocenters. The number of rotatable bonds is 4. The SMILES string of the molecule is Cc1ccc(NCc2cccc(C(N)=O)c2)cc1. The van der Waals surface area contributed by atoms with Crippen LogP contribution in [-0.2, 0) is 6.54 Å². The summed E-state index contributed by atoms with van der Waals surface area (Å²) in [4.78, 5) is 11.1. The fourth-order valence-corrected chi connectivity index (χ4v) is 1.71. The topological polar surface area (TPSA) is 55.1 Å². The number of hydrogen-bond acceptors (Lipinski definition) is 2. The van der Waals surface area contributed by atoms with E-state index in [2.05, 4.69) is 24.4 Å². The molecular formula is C15H16N2O. The zero-order chi connectivity index (χ0) is 13.0. The maximum absolute atomic E-state index is 11.1. The van der Waals surface area contributed by atoms with E-state index in [1.807, 2.05) is 30.3 Å². The van der Waals surface area contributed by atoms with Crippen molar-refractivity contribution in [1.29, 1.82) is 0 Å². The maximum atomic E-state index is 11.1. The van der Waals surface area contributed by atoms with E-state index in [0.29, 0.717) is 12.1 Å². The number of hydrogen-bond donors (Lipinski definition) is 2. The van der Waals surface area contributed by atoms with Crippen molar-refractivity contribution in [3.63, 3.8) is 0 Å². The lowest BCUT2D eigenvalue weighted by Crippen LogP contribution is -2.11. The van der Waals surface area contributed by atoms with Crippen LogP contribution in [0.5, 0.6) is 0 Å². The molecule has 0 spiro atoms. The van der Waals surface area contributed by atoms with Crippen LogP contribution in [-0.4, -0.2) is 5.91 Å². The van der Waals surface area contributed by atoms with E-state index in [-0.39, 0.29) is 0 Å². The molecule has 3 nitrogen and oxygen atoms in total. The highest BCUT2D eigenvalue weighted by Crippen LogP contribution is 2.11. The Morgan fingerprint density at radius 1 is 1.17 bits per heavy atom. The Balaban J connectivity index is 2.04. The lowest BCUT2D eigenvalue weighted by Gasteiger charge is -2.07. The van der Waals surface area contributed by atoms with Gasteiger partial charge < -0.3 is 11.1 Å². The third-order valence-corrected chi connectivity index (χ3v) is 2.76. The van der Waals surface area contributed by atoms with Crippen LogP contribution in [0.4, 0.5) is 5.69 Å². The first-order chi connectivity index (χ1) is 8.65. The van der Waals surface area contributed by atoms with Gasteiger partial charge in [-0.2, -0.15) is 0 Å². The number of nitrogens with two attached hydrogens (primary N) is 1. The summed E-state index contributed by atoms with van der Waals surface area (Å²) >= 11 is 0. The molecule has 2 rings (SSSR count). The largest absolute Gasteiger partial charge is 0.381 e. The fourth-order valence-electron chi connectivity index (χ4n) is 1.71. The monoisotopic (exact) mass is 240 g/mol. The van der Waals surface area contributed by atoms with E-state index in [1.54, 1.807) is 6.07 Å². The van der Waals surface area contributed by atoms with Gasteiger partial charge in [0.25, 0.3) is 0 Å². The van der Waals surface area contributed by atoms with Crippen LogP contribution < -0.4 is 11.1 Å². The number of nitrogens with one attached hydrogen (secondary N) is 1. The third-order valence-electron chi connectivity index (χ3n) is 2.76. The summed E-state index contributed by atoms with van der Waals surface area (Å²) in [6.45, 7) is 2.73. The van der Waals surface area contributed by atoms with Crippen LogP contribution >= 0.6 is 0 Å². The molecular weight excluding hydrogens is 224 g/mol. The smallest absolute Gasteiger partial charge is 0.248 e. The van der Waals surface area contributed by atoms with Crippen LogP contribution in [0, 0.1) is 6.92 Å². The second-order valence-corrected chi connectivity index (χ2v) is 4.28. The van der Waals surface area contributed by atoms with Crippen molar-refractivity contribution in [2.45, 2.75) is 13.5 Å². The maximum Gasteiger partial charge on any atom is 0.248 e. The molecule has 0 aliphatic heterocycles. The van der Waals surface area contributed by atoms with Crippen molar-refractivity contribution in [1.82, 2.24) is 0 Å². The molecule has 0 aliphatic carbocycles. The van der Waals surface area contributed by atoms with Crippen LogP contribution in [0.15, 0.2) is 48.5 Å². The van der Waals surface area contributed by atoms with Crippen molar-refractivity contribution < 1.29 is 4.79 Å². The Kier molecular flexibility index (Phi) is 3.63. The van der Waals surface area contributed by atoms with Crippen molar-refractivity contribution in [3.8, 4) is 0 Å². The van der Waals surface area contributed by atoms with E-state index >= 15 is 0 Å². The molecule has 0 saturated carbocycles. The molecule has 2 aromatic rings. The lowest BCUT2D eigenvalue weighted by atomic mass is 10.1. The highest BCUT2D eigenvalue weighted by Gasteiger charge is 2.01. The number of carbonyl (C=O) groups excluding carboxylic acids is 1. The van der Waals surface area contributed by atoms with Crippen molar-refractivity contribution in [3.05, 3.63) is 65.2 Å². The number of aryl methyl sites for hydroxylation is 1. The molecule has 3 N–H and O–H groups in total. The molecule has 0 heterocycles. The first-order valence-electron chi connectivity index (χ1n) is 5.84. The van der Waals surface area contributed by atoms with Gasteiger partial charge in [-0.1, -0.05) is 29.8 Å². The van der Waals surface area contributed by atoms with E-state index < -0.39 is 5.91 Å². The molecule has 0 aliphatic rings. The molecule has 0 atom stereocenters. The molecule has 0 radical (unpaired) electrons. The number of benzene rings is 2. The van der Waals surface area contributed by atoms with Gasteiger partial charge in [0.2, 0.25) is 5.91 Å². The summed E-state index contributed by atoms with van der Waals surface area (Å²) in [5, 5.41) is 3.30. The quantitative estimate of drug-likeness (QED) is 0.863. The summed E-state index contributed by atoms with van der Waals surface area (Å²) < 4.78 is 0. The standard InChI is InChI=1S/C15H16N2O/c1-11-5-7-14(8-6-11)17-10-12-3-2-4-13(9-12)15(16)18/h2-9,17H,10H2,1H3,(H2,16,18). The van der Waals surface area contributed by atoms with Gasteiger partial charge in [0, 0.05) is 17.8 Å². The summed E-state index contributed by atoms with van der Waals surface area (Å²) in [7, 11) is 0. The van der Waals surface area contributed by atoms with Crippen molar-refractivity contribution in [2.75, 3.05) is 5.32 Å². The van der Waals surface area contributed by atoms with Gasteiger partial charge in [0.15, 0.2) is 0 Å². The summed E-state index contributed by atoms with van der Waals surface area (Å²) in [6.07, 6.45) is 0. The summed E-state index contributed by atoms with van der Waals surface area (Å²) in [6, 6.07) is 15.5. The highest BCUT2D eigenvalue weighted by molar-refractivity contribution is 5.92. The predicted molar refractivity (Wildman–Crippen MR) is 73.5 cm³/mol. The second kappa shape index (κ2) is 5.36. The van der Waals surface area contributed by atoms with E-state index in [4.69, 9.17) is 5.73 Å². The van der Waals surface area contributed by atoms with E-state index in [0.717, 1.165) is 11.3 Å². The van der Waals surface area contributed by atoms with Crippen molar-refractivity contribution in [2.24, 2.45) is 5.73 Å². The number of carbonyl (C=O) groups is 1. The minimum Gasteiger partial charge on any atom is -0.381 e. The first-order valence-corrected chi connectivity index (χ1v) is 5.84. The van der Waals surface area contributed by atoms with E-state index in [9.17, 15) is 4.79 Å². The Hall–Kier alpha value is -2.29. The number of anilines is 1. The normalized spacial score (nSPS) is 10.1. The second-order valence-electron chi connectivity index (χ2n) is 4.28. The molecule has 1 amide bonds. The van der Waals surface area contributed by atoms with Gasteiger partial charge in [-0.15, -0.1) is 0 Å². The molecule has 92 valence electrons. The lowest BCUT2D eigenvalue weighted by molar-refractivity contribution is 0.1000. The zero-order valence-corrected chi connectivity index (χ0v) is 10.3. The molecule has 18 heavy (non-hydrogen) atoms. The van der Waals surface area contributed by atoms with Crippen LogP contribution in [0.25, 0.3) is 0 Å². The van der Waals surface area contributed by atoms with Gasteiger partial charge in [-0.3, -0.25) is 4.79 Å². The minimum absolute atomic E-state index is 0.396. The zero-order valence-electron chi connectivity index (χ0n) is 10.3. The predicted octanol–water partition coefficient (Wildman–Crippen LogP) is 2.71. The van der Waals surface area contributed by atoms with Gasteiger partial charge in [0.1, 0.15) is 0 Å². The average molecular weight is 240 g/mol. The van der Waals surface area contributed by atoms with Crippen molar-refractivity contribution >= 4 is 11.6 Å². The van der Waals surface area contributed by atoms with Gasteiger partial charge in [-0.05, 0) is 36.8 Å². The fraction of sp³-hybridized carbons (Fsp3) is 0.133. The molecule has 0 fully saturated rings. The van der Waals surface area contributed by atoms with Gasteiger partial charge in [0.05, 0.1) is 0 Å². The minimum atomic E-state index is -0.396. The average Bonchev–Trinajstić information content (AvgIpc) is 2.38. The van der Waals surface area contributed by atoms with E-state index in [1.165, 1.54) is 5.56 Å². The molecule has 0 bridgehead atoms. The highest BCUT2D eigenvalue weighted by atomic mass is 16.1. The summed E-state index contributed by atoms with van der Waals surface area (Å²) in [5.41, 5.74) is 9.11. The third kappa shape index (κ3) is 3.10. The summed E-state index contributed by atoms with van der Waals surface area (Å²) in [5.74, 6) is -0.396. The molecule has 0 aromatic heterocycles. The van der Waals surface area contributed by atoms with Crippen LogP contribution in [0.1, 0.15) is 21.5 Å². The molecule has 0 saturated heterocycles. The Bertz CT molecular complexity index is 547. The Morgan fingerprint density at radius 2 is 1.89 bits per heavy atom. The molecule has 3 heteroatoms. The van der Waals surface area contributed by atoms with Gasteiger partial charge >= 0.3 is 0 Å².